The van der Waals surface area contributed by atoms with Crippen LogP contribution in [-0.4, -0.2) is 50.9 Å². The van der Waals surface area contributed by atoms with Gasteiger partial charge in [-0.15, -0.1) is 23.7 Å². The van der Waals surface area contributed by atoms with Crippen molar-refractivity contribution in [2.45, 2.75) is 44.4 Å². The lowest BCUT2D eigenvalue weighted by Gasteiger charge is -2.30. The van der Waals surface area contributed by atoms with Gasteiger partial charge in [0.05, 0.1) is 0 Å². The summed E-state index contributed by atoms with van der Waals surface area (Å²) in [7, 11) is -3.41. The summed E-state index contributed by atoms with van der Waals surface area (Å²) in [5, 5.41) is 6.14. The zero-order valence-electron chi connectivity index (χ0n) is 15.2. The Kier molecular flexibility index (Phi) is 7.89. The number of carbonyl (C=O) groups excluding carboxylic acids is 1. The van der Waals surface area contributed by atoms with Gasteiger partial charge in [-0.25, -0.2) is 8.42 Å². The number of halogens is 1. The number of piperazine rings is 1. The van der Waals surface area contributed by atoms with E-state index in [4.69, 9.17) is 0 Å². The van der Waals surface area contributed by atoms with E-state index in [0.29, 0.717) is 36.8 Å². The summed E-state index contributed by atoms with van der Waals surface area (Å²) in [4.78, 5) is 12.8. The third-order valence-corrected chi connectivity index (χ3v) is 7.38. The van der Waals surface area contributed by atoms with E-state index in [0.717, 1.165) is 4.88 Å². The molecule has 144 valence electrons. The minimum Gasteiger partial charge on any atom is -0.355 e. The normalized spacial score (nSPS) is 19.3. The monoisotopic (exact) mass is 409 g/mol. The number of carbonyl (C=O) groups is 1. The third-order valence-electron chi connectivity index (χ3n) is 3.90. The van der Waals surface area contributed by atoms with Gasteiger partial charge in [0.2, 0.25) is 5.91 Å². The van der Waals surface area contributed by atoms with Crippen LogP contribution < -0.4 is 10.6 Å². The Balaban J connectivity index is 0.00000312. The Hall–Kier alpha value is -0.670. The van der Waals surface area contributed by atoms with Crippen LogP contribution in [0.4, 0.5) is 0 Å². The van der Waals surface area contributed by atoms with E-state index in [2.05, 4.69) is 10.6 Å². The van der Waals surface area contributed by atoms with E-state index in [1.54, 1.807) is 10.4 Å². The fourth-order valence-corrected chi connectivity index (χ4v) is 5.48. The van der Waals surface area contributed by atoms with E-state index < -0.39 is 15.4 Å². The SMILES string of the molecule is CC1CN(S(=O)(=O)c2ccc(CCNC(=O)C(C)(C)C)s2)CCN1.Cl. The fraction of sp³-hybridized carbons (Fsp3) is 0.688. The summed E-state index contributed by atoms with van der Waals surface area (Å²) in [5.74, 6) is 0.00158. The average Bonchev–Trinajstić information content (AvgIpc) is 2.95. The molecule has 6 nitrogen and oxygen atoms in total. The molecule has 2 heterocycles. The number of hydrogen-bond acceptors (Lipinski definition) is 5. The topological polar surface area (TPSA) is 78.5 Å². The molecule has 0 radical (unpaired) electrons. The largest absolute Gasteiger partial charge is 0.355 e. The lowest BCUT2D eigenvalue weighted by atomic mass is 9.96. The summed E-state index contributed by atoms with van der Waals surface area (Å²) in [6.45, 7) is 9.78. The predicted molar refractivity (Wildman–Crippen MR) is 104 cm³/mol. The maximum atomic E-state index is 12.7. The zero-order chi connectivity index (χ0) is 18.0. The predicted octanol–water partition coefficient (Wildman–Crippen LogP) is 1.86. The van der Waals surface area contributed by atoms with Crippen molar-refractivity contribution in [3.63, 3.8) is 0 Å². The molecule has 9 heteroatoms. The maximum absolute atomic E-state index is 12.7. The second-order valence-electron chi connectivity index (χ2n) is 7.19. The van der Waals surface area contributed by atoms with Crippen LogP contribution in [0.1, 0.15) is 32.6 Å². The first kappa shape index (κ1) is 22.4. The lowest BCUT2D eigenvalue weighted by Crippen LogP contribution is -2.51. The van der Waals surface area contributed by atoms with E-state index >= 15 is 0 Å². The standard InChI is InChI=1S/C16H27N3O3S2.ClH/c1-12-11-19(10-9-17-12)24(21,22)14-6-5-13(23-14)7-8-18-15(20)16(2,3)4;/h5-6,12,17H,7-11H2,1-4H3,(H,18,20);1H. The Bertz CT molecular complexity index is 683. The first-order valence-electron chi connectivity index (χ1n) is 8.21. The molecule has 1 aliphatic rings. The number of nitrogens with zero attached hydrogens (tertiary/aromatic N) is 1. The third kappa shape index (κ3) is 5.92. The highest BCUT2D eigenvalue weighted by molar-refractivity contribution is 7.91. The summed E-state index contributed by atoms with van der Waals surface area (Å²) in [6.07, 6.45) is 0.639. The van der Waals surface area contributed by atoms with Crippen molar-refractivity contribution in [2.24, 2.45) is 5.41 Å². The molecule has 0 spiro atoms. The van der Waals surface area contributed by atoms with Crippen LogP contribution in [0.3, 0.4) is 0 Å². The molecule has 0 bridgehead atoms. The number of rotatable bonds is 5. The molecule has 2 N–H and O–H groups in total. The molecule has 1 unspecified atom stereocenters. The second-order valence-corrected chi connectivity index (χ2v) is 10.5. The highest BCUT2D eigenvalue weighted by Crippen LogP contribution is 2.26. The van der Waals surface area contributed by atoms with E-state index in [1.807, 2.05) is 33.8 Å². The van der Waals surface area contributed by atoms with Gasteiger partial charge in [0.25, 0.3) is 10.0 Å². The van der Waals surface area contributed by atoms with Gasteiger partial charge >= 0.3 is 0 Å². The summed E-state index contributed by atoms with van der Waals surface area (Å²) < 4.78 is 27.3. The molecule has 0 saturated carbocycles. The molecule has 1 fully saturated rings. The van der Waals surface area contributed by atoms with Crippen LogP contribution in [0.25, 0.3) is 0 Å². The van der Waals surface area contributed by atoms with Crippen molar-refractivity contribution < 1.29 is 13.2 Å². The molecule has 1 saturated heterocycles. The first-order chi connectivity index (χ1) is 11.1. The van der Waals surface area contributed by atoms with Crippen LogP contribution in [0, 0.1) is 5.41 Å². The van der Waals surface area contributed by atoms with Crippen LogP contribution >= 0.6 is 23.7 Å². The van der Waals surface area contributed by atoms with E-state index in [-0.39, 0.29) is 24.4 Å². The molecule has 1 amide bonds. The van der Waals surface area contributed by atoms with Gasteiger partial charge in [0.15, 0.2) is 0 Å². The van der Waals surface area contributed by atoms with Gasteiger partial charge in [0, 0.05) is 42.5 Å². The molecule has 1 aromatic rings. The van der Waals surface area contributed by atoms with Gasteiger partial charge in [0.1, 0.15) is 4.21 Å². The van der Waals surface area contributed by atoms with Gasteiger partial charge in [-0.3, -0.25) is 4.79 Å². The molecule has 25 heavy (non-hydrogen) atoms. The molecule has 1 aromatic heterocycles. The Morgan fingerprint density at radius 1 is 1.40 bits per heavy atom. The van der Waals surface area contributed by atoms with Gasteiger partial charge in [-0.2, -0.15) is 4.31 Å². The Morgan fingerprint density at radius 2 is 2.08 bits per heavy atom. The highest BCUT2D eigenvalue weighted by Gasteiger charge is 2.29. The number of hydrogen-bond donors (Lipinski definition) is 2. The summed E-state index contributed by atoms with van der Waals surface area (Å²) in [5.41, 5.74) is -0.414. The lowest BCUT2D eigenvalue weighted by molar-refractivity contribution is -0.128. The van der Waals surface area contributed by atoms with Crippen LogP contribution in [0.5, 0.6) is 0 Å². The van der Waals surface area contributed by atoms with E-state index in [9.17, 15) is 13.2 Å². The Morgan fingerprint density at radius 3 is 2.68 bits per heavy atom. The first-order valence-corrected chi connectivity index (χ1v) is 10.5. The summed E-state index contributed by atoms with van der Waals surface area (Å²) >= 11 is 1.29. The number of thiophene rings is 1. The minimum absolute atomic E-state index is 0. The number of amides is 1. The fourth-order valence-electron chi connectivity index (χ4n) is 2.44. The Labute approximate surface area is 160 Å². The molecular formula is C16H28ClN3O3S2. The zero-order valence-corrected chi connectivity index (χ0v) is 17.6. The van der Waals surface area contributed by atoms with Gasteiger partial charge in [-0.05, 0) is 25.5 Å². The summed E-state index contributed by atoms with van der Waals surface area (Å²) in [6, 6.07) is 3.68. The van der Waals surface area contributed by atoms with Crippen LogP contribution in [0.2, 0.25) is 0 Å². The van der Waals surface area contributed by atoms with Crippen LogP contribution in [0.15, 0.2) is 16.3 Å². The average molecular weight is 410 g/mol. The van der Waals surface area contributed by atoms with Crippen molar-refractivity contribution in [2.75, 3.05) is 26.2 Å². The van der Waals surface area contributed by atoms with Crippen molar-refractivity contribution in [1.82, 2.24) is 14.9 Å². The molecule has 0 aliphatic carbocycles. The highest BCUT2D eigenvalue weighted by atomic mass is 35.5. The molecule has 2 rings (SSSR count). The quantitative estimate of drug-likeness (QED) is 0.777. The van der Waals surface area contributed by atoms with Crippen molar-refractivity contribution in [1.29, 1.82) is 0 Å². The van der Waals surface area contributed by atoms with Gasteiger partial charge in [-0.1, -0.05) is 20.8 Å². The van der Waals surface area contributed by atoms with Gasteiger partial charge < -0.3 is 10.6 Å². The second kappa shape index (κ2) is 8.81. The van der Waals surface area contributed by atoms with Crippen molar-refractivity contribution in [3.8, 4) is 0 Å². The van der Waals surface area contributed by atoms with Crippen molar-refractivity contribution in [3.05, 3.63) is 17.0 Å². The van der Waals surface area contributed by atoms with Crippen molar-refractivity contribution >= 4 is 39.7 Å². The molecule has 1 aliphatic heterocycles. The molecule has 1 atom stereocenters. The number of nitrogens with one attached hydrogen (secondary N) is 2. The van der Waals surface area contributed by atoms with E-state index in [1.165, 1.54) is 11.3 Å². The maximum Gasteiger partial charge on any atom is 0.252 e. The molecular weight excluding hydrogens is 382 g/mol. The molecule has 0 aromatic carbocycles. The van der Waals surface area contributed by atoms with Crippen LogP contribution in [-0.2, 0) is 21.2 Å². The number of sulfonamides is 1. The minimum atomic E-state index is -3.41. The smallest absolute Gasteiger partial charge is 0.252 e.